The number of benzene rings is 1. The first-order valence-corrected chi connectivity index (χ1v) is 10.1. The summed E-state index contributed by atoms with van der Waals surface area (Å²) in [5.41, 5.74) is 7.72. The molecule has 3 heterocycles. The standard InChI is InChI=1S/C23H25N5O2/c1-27(15-19-10-8-16-5-2-3-7-20(16)26-19)23(30)17-9-11-21(25-13-17)28-12-4-6-18(14-28)22(24)29/h2-3,5,7-11,13,18H,4,6,12,14-15H2,1H3,(H2,24,29)/t18-/m1/s1. The Labute approximate surface area is 175 Å². The first-order chi connectivity index (χ1) is 14.5. The van der Waals surface area contributed by atoms with Crippen molar-refractivity contribution in [3.05, 3.63) is 66.0 Å². The molecule has 1 atom stereocenters. The zero-order valence-corrected chi connectivity index (χ0v) is 17.0. The van der Waals surface area contributed by atoms with Crippen molar-refractivity contribution in [2.24, 2.45) is 11.7 Å². The molecule has 0 spiro atoms. The number of primary amides is 1. The second-order valence-corrected chi connectivity index (χ2v) is 7.75. The van der Waals surface area contributed by atoms with Gasteiger partial charge in [0.1, 0.15) is 5.82 Å². The number of rotatable bonds is 5. The van der Waals surface area contributed by atoms with Crippen molar-refractivity contribution in [3.63, 3.8) is 0 Å². The van der Waals surface area contributed by atoms with E-state index in [1.54, 1.807) is 24.2 Å². The van der Waals surface area contributed by atoms with Gasteiger partial charge < -0.3 is 15.5 Å². The first kappa shape index (κ1) is 19.8. The van der Waals surface area contributed by atoms with Gasteiger partial charge in [0.05, 0.1) is 29.2 Å². The average Bonchev–Trinajstić information content (AvgIpc) is 2.78. The maximum atomic E-state index is 12.8. The molecule has 1 aliphatic heterocycles. The fraction of sp³-hybridized carbons (Fsp3) is 0.304. The van der Waals surface area contributed by atoms with E-state index < -0.39 is 0 Å². The van der Waals surface area contributed by atoms with Gasteiger partial charge in [0.15, 0.2) is 0 Å². The number of nitrogens with two attached hydrogens (primary N) is 1. The third-order valence-electron chi connectivity index (χ3n) is 5.54. The topological polar surface area (TPSA) is 92.4 Å². The lowest BCUT2D eigenvalue weighted by Crippen LogP contribution is -2.41. The van der Waals surface area contributed by atoms with E-state index in [0.29, 0.717) is 18.7 Å². The van der Waals surface area contributed by atoms with Gasteiger partial charge in [-0.3, -0.25) is 14.6 Å². The average molecular weight is 403 g/mol. The van der Waals surface area contributed by atoms with E-state index in [2.05, 4.69) is 14.9 Å². The molecule has 1 saturated heterocycles. The SMILES string of the molecule is CN(Cc1ccc2ccccc2n1)C(=O)c1ccc(N2CCC[C@@H](C(N)=O)C2)nc1. The Kier molecular flexibility index (Phi) is 5.61. The summed E-state index contributed by atoms with van der Waals surface area (Å²) in [5, 5.41) is 1.08. The van der Waals surface area contributed by atoms with Crippen LogP contribution in [-0.2, 0) is 11.3 Å². The summed E-state index contributed by atoms with van der Waals surface area (Å²) < 4.78 is 0. The molecular formula is C23H25N5O2. The number of para-hydroxylation sites is 1. The van der Waals surface area contributed by atoms with Gasteiger partial charge in [0, 0.05) is 31.7 Å². The number of aromatic nitrogens is 2. The normalized spacial score (nSPS) is 16.4. The van der Waals surface area contributed by atoms with Gasteiger partial charge in [-0.1, -0.05) is 24.3 Å². The van der Waals surface area contributed by atoms with Crippen LogP contribution in [0, 0.1) is 5.92 Å². The molecule has 1 fully saturated rings. The van der Waals surface area contributed by atoms with Crippen molar-refractivity contribution < 1.29 is 9.59 Å². The lowest BCUT2D eigenvalue weighted by Gasteiger charge is -2.32. The lowest BCUT2D eigenvalue weighted by atomic mass is 9.97. The molecular weight excluding hydrogens is 378 g/mol. The van der Waals surface area contributed by atoms with Crippen LogP contribution in [0.2, 0.25) is 0 Å². The van der Waals surface area contributed by atoms with E-state index >= 15 is 0 Å². The molecule has 0 saturated carbocycles. The molecule has 1 aliphatic rings. The van der Waals surface area contributed by atoms with Crippen LogP contribution in [0.25, 0.3) is 10.9 Å². The first-order valence-electron chi connectivity index (χ1n) is 10.1. The van der Waals surface area contributed by atoms with Crippen molar-refractivity contribution in [1.29, 1.82) is 0 Å². The minimum Gasteiger partial charge on any atom is -0.369 e. The molecule has 2 aromatic heterocycles. The quantitative estimate of drug-likeness (QED) is 0.707. The van der Waals surface area contributed by atoms with Crippen LogP contribution in [0.4, 0.5) is 5.82 Å². The Morgan fingerprint density at radius 1 is 1.17 bits per heavy atom. The van der Waals surface area contributed by atoms with Gasteiger partial charge in [0.25, 0.3) is 5.91 Å². The fourth-order valence-corrected chi connectivity index (χ4v) is 3.85. The Bertz CT molecular complexity index is 1070. The number of fused-ring (bicyclic) bond motifs is 1. The van der Waals surface area contributed by atoms with E-state index in [1.807, 2.05) is 42.5 Å². The molecule has 1 aromatic carbocycles. The number of hydrogen-bond donors (Lipinski definition) is 1. The van der Waals surface area contributed by atoms with Gasteiger partial charge in [-0.05, 0) is 37.1 Å². The third kappa shape index (κ3) is 4.25. The number of nitrogens with zero attached hydrogens (tertiary/aromatic N) is 4. The highest BCUT2D eigenvalue weighted by atomic mass is 16.2. The molecule has 0 bridgehead atoms. The smallest absolute Gasteiger partial charge is 0.255 e. The van der Waals surface area contributed by atoms with E-state index in [-0.39, 0.29) is 17.7 Å². The molecule has 3 aromatic rings. The number of anilines is 1. The summed E-state index contributed by atoms with van der Waals surface area (Å²) in [6.07, 6.45) is 3.31. The highest BCUT2D eigenvalue weighted by Gasteiger charge is 2.25. The fourth-order valence-electron chi connectivity index (χ4n) is 3.85. The summed E-state index contributed by atoms with van der Waals surface area (Å²) in [4.78, 5) is 37.1. The molecule has 7 nitrogen and oxygen atoms in total. The number of pyridine rings is 2. The maximum Gasteiger partial charge on any atom is 0.255 e. The van der Waals surface area contributed by atoms with Gasteiger partial charge >= 0.3 is 0 Å². The highest BCUT2D eigenvalue weighted by Crippen LogP contribution is 2.22. The number of piperidine rings is 1. The molecule has 2 N–H and O–H groups in total. The van der Waals surface area contributed by atoms with Crippen LogP contribution >= 0.6 is 0 Å². The summed E-state index contributed by atoms with van der Waals surface area (Å²) in [7, 11) is 1.76. The summed E-state index contributed by atoms with van der Waals surface area (Å²) >= 11 is 0. The van der Waals surface area contributed by atoms with Gasteiger partial charge in [-0.15, -0.1) is 0 Å². The Hall–Kier alpha value is -3.48. The minimum absolute atomic E-state index is 0.113. The van der Waals surface area contributed by atoms with Crippen LogP contribution in [0.5, 0.6) is 0 Å². The Morgan fingerprint density at radius 3 is 2.77 bits per heavy atom. The summed E-state index contributed by atoms with van der Waals surface area (Å²) in [5.74, 6) is 0.229. The van der Waals surface area contributed by atoms with Gasteiger partial charge in [-0.2, -0.15) is 0 Å². The van der Waals surface area contributed by atoms with E-state index in [0.717, 1.165) is 41.8 Å². The van der Waals surface area contributed by atoms with Crippen LogP contribution < -0.4 is 10.6 Å². The summed E-state index contributed by atoms with van der Waals surface area (Å²) in [6, 6.07) is 15.5. The summed E-state index contributed by atoms with van der Waals surface area (Å²) in [6.45, 7) is 1.82. The zero-order chi connectivity index (χ0) is 21.1. The van der Waals surface area contributed by atoms with Gasteiger partial charge in [0.2, 0.25) is 5.91 Å². The largest absolute Gasteiger partial charge is 0.369 e. The van der Waals surface area contributed by atoms with Crippen LogP contribution in [0.15, 0.2) is 54.7 Å². The predicted molar refractivity (Wildman–Crippen MR) is 116 cm³/mol. The molecule has 7 heteroatoms. The van der Waals surface area contributed by atoms with Gasteiger partial charge in [-0.25, -0.2) is 4.98 Å². The highest BCUT2D eigenvalue weighted by molar-refractivity contribution is 5.94. The van der Waals surface area contributed by atoms with Crippen LogP contribution in [0.3, 0.4) is 0 Å². The second-order valence-electron chi connectivity index (χ2n) is 7.75. The minimum atomic E-state index is -0.268. The van der Waals surface area contributed by atoms with Crippen molar-refractivity contribution in [1.82, 2.24) is 14.9 Å². The van der Waals surface area contributed by atoms with Crippen LogP contribution in [0.1, 0.15) is 28.9 Å². The van der Waals surface area contributed by atoms with Crippen LogP contribution in [-0.4, -0.2) is 46.8 Å². The molecule has 2 amide bonds. The molecule has 0 radical (unpaired) electrons. The van der Waals surface area contributed by atoms with E-state index in [9.17, 15) is 9.59 Å². The number of hydrogen-bond acceptors (Lipinski definition) is 5. The zero-order valence-electron chi connectivity index (χ0n) is 17.0. The molecule has 0 unspecified atom stereocenters. The third-order valence-corrected chi connectivity index (χ3v) is 5.54. The molecule has 0 aliphatic carbocycles. The Balaban J connectivity index is 1.43. The number of carbonyl (C=O) groups is 2. The van der Waals surface area contributed by atoms with Crippen molar-refractivity contribution in [2.45, 2.75) is 19.4 Å². The van der Waals surface area contributed by atoms with Crippen molar-refractivity contribution >= 4 is 28.5 Å². The lowest BCUT2D eigenvalue weighted by molar-refractivity contribution is -0.122. The van der Waals surface area contributed by atoms with E-state index in [1.165, 1.54) is 0 Å². The number of carbonyl (C=O) groups excluding carboxylic acids is 2. The van der Waals surface area contributed by atoms with E-state index in [4.69, 9.17) is 5.73 Å². The molecule has 4 rings (SSSR count). The monoisotopic (exact) mass is 403 g/mol. The molecule has 30 heavy (non-hydrogen) atoms. The van der Waals surface area contributed by atoms with Crippen molar-refractivity contribution in [2.75, 3.05) is 25.0 Å². The maximum absolute atomic E-state index is 12.8. The predicted octanol–water partition coefficient (Wildman–Crippen LogP) is 2.60. The second kappa shape index (κ2) is 8.49. The number of amides is 2. The van der Waals surface area contributed by atoms with Crippen molar-refractivity contribution in [3.8, 4) is 0 Å². The Morgan fingerprint density at radius 2 is 2.00 bits per heavy atom. The molecule has 154 valence electrons.